The Bertz CT molecular complexity index is 323. The lowest BCUT2D eigenvalue weighted by atomic mass is 9.89. The lowest BCUT2D eigenvalue weighted by Gasteiger charge is -2.26. The summed E-state index contributed by atoms with van der Waals surface area (Å²) < 4.78 is 0. The molecule has 0 spiro atoms. The summed E-state index contributed by atoms with van der Waals surface area (Å²) in [5.41, 5.74) is -0.133. The molecule has 0 bridgehead atoms. The van der Waals surface area contributed by atoms with E-state index < -0.39 is 6.10 Å². The van der Waals surface area contributed by atoms with Crippen molar-refractivity contribution in [3.05, 3.63) is 23.4 Å². The van der Waals surface area contributed by atoms with Crippen LogP contribution in [0.3, 0.4) is 0 Å². The fourth-order valence-corrected chi connectivity index (χ4v) is 1.18. The fraction of sp³-hybridized carbons (Fsp3) is 0.545. The average Bonchev–Trinajstić information content (AvgIpc) is 2.12. The van der Waals surface area contributed by atoms with Crippen molar-refractivity contribution in [2.24, 2.45) is 5.41 Å². The van der Waals surface area contributed by atoms with Crippen LogP contribution in [-0.4, -0.2) is 22.7 Å². The van der Waals surface area contributed by atoms with Gasteiger partial charge in [0, 0.05) is 6.54 Å². The first-order valence-corrected chi connectivity index (χ1v) is 5.32. The number of aliphatic hydroxyl groups is 1. The third-order valence-corrected chi connectivity index (χ3v) is 2.40. The number of nitrogens with one attached hydrogen (secondary N) is 1. The maximum atomic E-state index is 9.79. The van der Waals surface area contributed by atoms with Gasteiger partial charge in [-0.05, 0) is 17.5 Å². The van der Waals surface area contributed by atoms with E-state index in [0.29, 0.717) is 17.5 Å². The third-order valence-electron chi connectivity index (χ3n) is 2.19. The summed E-state index contributed by atoms with van der Waals surface area (Å²) in [4.78, 5) is 4.07. The molecule has 1 atom stereocenters. The minimum atomic E-state index is -0.418. The predicted octanol–water partition coefficient (Wildman–Crippen LogP) is 2.55. The summed E-state index contributed by atoms with van der Waals surface area (Å²) in [6.07, 6.45) is -0.418. The van der Waals surface area contributed by atoms with Gasteiger partial charge in [0.05, 0.1) is 6.10 Å². The maximum Gasteiger partial charge on any atom is 0.131 e. The zero-order valence-electron chi connectivity index (χ0n) is 9.29. The van der Waals surface area contributed by atoms with Crippen molar-refractivity contribution in [2.45, 2.75) is 26.9 Å². The number of hydrogen-bond donors (Lipinski definition) is 2. The Morgan fingerprint density at radius 2 is 2.13 bits per heavy atom. The molecule has 0 aliphatic rings. The van der Waals surface area contributed by atoms with Gasteiger partial charge in [-0.3, -0.25) is 0 Å². The van der Waals surface area contributed by atoms with E-state index in [1.165, 1.54) is 0 Å². The topological polar surface area (TPSA) is 45.1 Å². The maximum absolute atomic E-state index is 9.79. The number of anilines is 1. The van der Waals surface area contributed by atoms with Crippen molar-refractivity contribution in [3.8, 4) is 0 Å². The van der Waals surface area contributed by atoms with E-state index in [4.69, 9.17) is 11.6 Å². The summed E-state index contributed by atoms with van der Waals surface area (Å²) in [7, 11) is 0. The number of pyridine rings is 1. The van der Waals surface area contributed by atoms with Gasteiger partial charge in [0.15, 0.2) is 0 Å². The Balaban J connectivity index is 2.51. The minimum absolute atomic E-state index is 0.133. The van der Waals surface area contributed by atoms with Crippen LogP contribution >= 0.6 is 11.6 Å². The second-order valence-electron chi connectivity index (χ2n) is 4.61. The van der Waals surface area contributed by atoms with Gasteiger partial charge in [0.2, 0.25) is 0 Å². The first-order valence-electron chi connectivity index (χ1n) is 4.94. The van der Waals surface area contributed by atoms with Crippen LogP contribution in [0.15, 0.2) is 18.2 Å². The van der Waals surface area contributed by atoms with Crippen LogP contribution in [0.2, 0.25) is 5.15 Å². The van der Waals surface area contributed by atoms with Gasteiger partial charge in [0.1, 0.15) is 11.0 Å². The molecule has 0 amide bonds. The normalized spacial score (nSPS) is 13.7. The summed E-state index contributed by atoms with van der Waals surface area (Å²) in [6, 6.07) is 5.36. The highest BCUT2D eigenvalue weighted by atomic mass is 35.5. The van der Waals surface area contributed by atoms with E-state index >= 15 is 0 Å². The molecule has 0 fully saturated rings. The Morgan fingerprint density at radius 3 is 2.67 bits per heavy atom. The van der Waals surface area contributed by atoms with Crippen LogP contribution < -0.4 is 5.32 Å². The number of hydrogen-bond acceptors (Lipinski definition) is 3. The van der Waals surface area contributed by atoms with Crippen LogP contribution in [0.4, 0.5) is 5.82 Å². The standard InChI is InChI=1S/C11H17ClN2O/c1-11(2,3)8(15)7-13-10-6-4-5-9(12)14-10/h4-6,8,15H,7H2,1-3H3,(H,13,14). The molecule has 1 rings (SSSR count). The van der Waals surface area contributed by atoms with Crippen LogP contribution in [0.5, 0.6) is 0 Å². The van der Waals surface area contributed by atoms with E-state index in [0.717, 1.165) is 0 Å². The van der Waals surface area contributed by atoms with Gasteiger partial charge in [-0.25, -0.2) is 4.98 Å². The molecule has 4 heteroatoms. The Kier molecular flexibility index (Phi) is 3.94. The predicted molar refractivity (Wildman–Crippen MR) is 63.2 cm³/mol. The Hall–Kier alpha value is -0.800. The molecular formula is C11H17ClN2O. The Labute approximate surface area is 95.5 Å². The van der Waals surface area contributed by atoms with Gasteiger partial charge >= 0.3 is 0 Å². The van der Waals surface area contributed by atoms with Gasteiger partial charge < -0.3 is 10.4 Å². The zero-order chi connectivity index (χ0) is 11.5. The summed E-state index contributed by atoms with van der Waals surface area (Å²) >= 11 is 5.74. The van der Waals surface area contributed by atoms with Crippen molar-refractivity contribution in [1.82, 2.24) is 4.98 Å². The molecule has 1 unspecified atom stereocenters. The molecule has 1 heterocycles. The van der Waals surface area contributed by atoms with Crippen LogP contribution in [0.1, 0.15) is 20.8 Å². The average molecular weight is 229 g/mol. The van der Waals surface area contributed by atoms with Gasteiger partial charge in [0.25, 0.3) is 0 Å². The fourth-order valence-electron chi connectivity index (χ4n) is 1.01. The SMILES string of the molecule is CC(C)(C)C(O)CNc1cccc(Cl)n1. The van der Waals surface area contributed by atoms with Crippen molar-refractivity contribution in [3.63, 3.8) is 0 Å². The molecule has 0 aliphatic heterocycles. The van der Waals surface area contributed by atoms with E-state index in [-0.39, 0.29) is 5.41 Å². The molecule has 15 heavy (non-hydrogen) atoms. The van der Waals surface area contributed by atoms with Gasteiger partial charge in [-0.15, -0.1) is 0 Å². The van der Waals surface area contributed by atoms with Crippen molar-refractivity contribution in [2.75, 3.05) is 11.9 Å². The van der Waals surface area contributed by atoms with Crippen molar-refractivity contribution in [1.29, 1.82) is 0 Å². The number of nitrogens with zero attached hydrogens (tertiary/aromatic N) is 1. The van der Waals surface area contributed by atoms with Crippen LogP contribution in [0, 0.1) is 5.41 Å². The monoisotopic (exact) mass is 228 g/mol. The van der Waals surface area contributed by atoms with E-state index in [2.05, 4.69) is 10.3 Å². The molecule has 84 valence electrons. The highest BCUT2D eigenvalue weighted by Crippen LogP contribution is 2.19. The molecule has 0 saturated carbocycles. The zero-order valence-corrected chi connectivity index (χ0v) is 10.0. The largest absolute Gasteiger partial charge is 0.391 e. The third kappa shape index (κ3) is 4.06. The molecule has 2 N–H and O–H groups in total. The van der Waals surface area contributed by atoms with E-state index in [1.807, 2.05) is 32.9 Å². The molecule has 1 aromatic rings. The van der Waals surface area contributed by atoms with Gasteiger partial charge in [-0.1, -0.05) is 38.4 Å². The lowest BCUT2D eigenvalue weighted by Crippen LogP contribution is -2.33. The van der Waals surface area contributed by atoms with E-state index in [1.54, 1.807) is 6.07 Å². The first-order chi connectivity index (χ1) is 6.89. The number of rotatable bonds is 3. The molecule has 1 aromatic heterocycles. The van der Waals surface area contributed by atoms with E-state index in [9.17, 15) is 5.11 Å². The van der Waals surface area contributed by atoms with Gasteiger partial charge in [-0.2, -0.15) is 0 Å². The quantitative estimate of drug-likeness (QED) is 0.782. The molecule has 0 radical (unpaired) electrons. The summed E-state index contributed by atoms with van der Waals surface area (Å²) in [5.74, 6) is 0.686. The smallest absolute Gasteiger partial charge is 0.131 e. The summed E-state index contributed by atoms with van der Waals surface area (Å²) in [6.45, 7) is 6.44. The number of aliphatic hydroxyl groups excluding tert-OH is 1. The number of halogens is 1. The highest BCUT2D eigenvalue weighted by Gasteiger charge is 2.21. The first kappa shape index (κ1) is 12.3. The highest BCUT2D eigenvalue weighted by molar-refractivity contribution is 6.29. The molecule has 0 aliphatic carbocycles. The second kappa shape index (κ2) is 4.81. The molecular weight excluding hydrogens is 212 g/mol. The molecule has 3 nitrogen and oxygen atoms in total. The molecule has 0 saturated heterocycles. The van der Waals surface area contributed by atoms with Crippen molar-refractivity contribution >= 4 is 17.4 Å². The van der Waals surface area contributed by atoms with Crippen LogP contribution in [-0.2, 0) is 0 Å². The second-order valence-corrected chi connectivity index (χ2v) is 5.00. The van der Waals surface area contributed by atoms with Crippen LogP contribution in [0.25, 0.3) is 0 Å². The lowest BCUT2D eigenvalue weighted by molar-refractivity contribution is 0.0745. The number of aromatic nitrogens is 1. The minimum Gasteiger partial charge on any atom is -0.391 e. The Morgan fingerprint density at radius 1 is 1.47 bits per heavy atom. The molecule has 0 aromatic carbocycles. The summed E-state index contributed by atoms with van der Waals surface area (Å²) in [5, 5.41) is 13.3. The van der Waals surface area contributed by atoms with Crippen molar-refractivity contribution < 1.29 is 5.11 Å².